The quantitative estimate of drug-likeness (QED) is 0.617. The standard InChI is InChI=1S/C21H24ClN3O3/c22-15-7-5-14(6-8-15)13-23-21(28)25-17-11-9-16(10-12-17)24-20(27)18-3-1-2-4-19(18)26/h1-8,16-17,26H,9-13H2,(H,24,27)(H2,23,25,28). The van der Waals surface area contributed by atoms with Crippen LogP contribution in [-0.2, 0) is 6.54 Å². The van der Waals surface area contributed by atoms with Gasteiger partial charge in [-0.2, -0.15) is 0 Å². The first kappa shape index (κ1) is 20.0. The second-order valence-corrected chi connectivity index (χ2v) is 7.43. The lowest BCUT2D eigenvalue weighted by molar-refractivity contribution is 0.0921. The van der Waals surface area contributed by atoms with Crippen molar-refractivity contribution in [2.24, 2.45) is 0 Å². The molecule has 6 nitrogen and oxygen atoms in total. The lowest BCUT2D eigenvalue weighted by atomic mass is 9.91. The number of halogens is 1. The number of amides is 3. The molecule has 0 spiro atoms. The van der Waals surface area contributed by atoms with Gasteiger partial charge in [0.25, 0.3) is 5.91 Å². The van der Waals surface area contributed by atoms with Crippen molar-refractivity contribution in [1.29, 1.82) is 0 Å². The van der Waals surface area contributed by atoms with E-state index in [4.69, 9.17) is 11.6 Å². The summed E-state index contributed by atoms with van der Waals surface area (Å²) in [6, 6.07) is 13.8. The third-order valence-corrected chi connectivity index (χ3v) is 5.16. The molecule has 0 atom stereocenters. The molecular weight excluding hydrogens is 378 g/mol. The summed E-state index contributed by atoms with van der Waals surface area (Å²) >= 11 is 5.85. The van der Waals surface area contributed by atoms with Gasteiger partial charge in [-0.1, -0.05) is 35.9 Å². The molecule has 0 radical (unpaired) electrons. The minimum atomic E-state index is -0.268. The average Bonchev–Trinajstić information content (AvgIpc) is 2.69. The Balaban J connectivity index is 1.39. The minimum Gasteiger partial charge on any atom is -0.507 e. The van der Waals surface area contributed by atoms with E-state index >= 15 is 0 Å². The highest BCUT2D eigenvalue weighted by atomic mass is 35.5. The molecule has 2 aromatic carbocycles. The van der Waals surface area contributed by atoms with Gasteiger partial charge in [0.15, 0.2) is 0 Å². The Kier molecular flexibility index (Phi) is 6.76. The maximum atomic E-state index is 12.3. The van der Waals surface area contributed by atoms with Crippen molar-refractivity contribution >= 4 is 23.5 Å². The summed E-state index contributed by atoms with van der Waals surface area (Å²) in [6.45, 7) is 0.439. The van der Waals surface area contributed by atoms with Crippen LogP contribution in [0.3, 0.4) is 0 Å². The molecular formula is C21H24ClN3O3. The summed E-state index contributed by atoms with van der Waals surface area (Å²) in [5, 5.41) is 19.2. The largest absolute Gasteiger partial charge is 0.507 e. The molecule has 1 saturated carbocycles. The molecule has 28 heavy (non-hydrogen) atoms. The first-order valence-corrected chi connectivity index (χ1v) is 9.76. The van der Waals surface area contributed by atoms with Crippen LogP contribution in [0.15, 0.2) is 48.5 Å². The van der Waals surface area contributed by atoms with E-state index < -0.39 is 0 Å². The summed E-state index contributed by atoms with van der Waals surface area (Å²) in [5.74, 6) is -0.289. The molecule has 0 saturated heterocycles. The third kappa shape index (κ3) is 5.63. The van der Waals surface area contributed by atoms with Crippen LogP contribution in [0.2, 0.25) is 5.02 Å². The lowest BCUT2D eigenvalue weighted by Crippen LogP contribution is -2.46. The summed E-state index contributed by atoms with van der Waals surface area (Å²) in [4.78, 5) is 24.4. The van der Waals surface area contributed by atoms with Crippen LogP contribution in [0.5, 0.6) is 5.75 Å². The minimum absolute atomic E-state index is 0.0206. The Bertz CT molecular complexity index is 818. The molecule has 1 aliphatic carbocycles. The van der Waals surface area contributed by atoms with Gasteiger partial charge < -0.3 is 21.1 Å². The smallest absolute Gasteiger partial charge is 0.315 e. The maximum absolute atomic E-state index is 12.3. The zero-order valence-corrected chi connectivity index (χ0v) is 16.2. The maximum Gasteiger partial charge on any atom is 0.315 e. The Morgan fingerprint density at radius 3 is 2.18 bits per heavy atom. The number of benzene rings is 2. The Morgan fingerprint density at radius 2 is 1.54 bits per heavy atom. The number of nitrogens with one attached hydrogen (secondary N) is 3. The van der Waals surface area contributed by atoms with Crippen LogP contribution in [0.4, 0.5) is 4.79 Å². The Labute approximate surface area is 169 Å². The first-order chi connectivity index (χ1) is 13.5. The number of carbonyl (C=O) groups is 2. The number of phenols is 1. The molecule has 3 rings (SSSR count). The molecule has 7 heteroatoms. The molecule has 1 aliphatic rings. The van der Waals surface area contributed by atoms with E-state index in [1.165, 1.54) is 6.07 Å². The van der Waals surface area contributed by atoms with Crippen molar-refractivity contribution in [2.45, 2.75) is 44.3 Å². The molecule has 1 fully saturated rings. The number of rotatable bonds is 5. The zero-order valence-electron chi connectivity index (χ0n) is 15.5. The van der Waals surface area contributed by atoms with Gasteiger partial charge in [-0.05, 0) is 55.5 Å². The molecule has 0 aliphatic heterocycles. The van der Waals surface area contributed by atoms with Crippen molar-refractivity contribution in [1.82, 2.24) is 16.0 Å². The highest BCUT2D eigenvalue weighted by Gasteiger charge is 2.24. The van der Waals surface area contributed by atoms with E-state index in [1.807, 2.05) is 12.1 Å². The molecule has 0 unspecified atom stereocenters. The van der Waals surface area contributed by atoms with E-state index in [0.717, 1.165) is 31.2 Å². The highest BCUT2D eigenvalue weighted by Crippen LogP contribution is 2.21. The summed E-state index contributed by atoms with van der Waals surface area (Å²) in [6.07, 6.45) is 3.14. The lowest BCUT2D eigenvalue weighted by Gasteiger charge is -2.29. The van der Waals surface area contributed by atoms with Gasteiger partial charge in [-0.25, -0.2) is 4.79 Å². The number of phenolic OH excluding ortho intramolecular Hbond substituents is 1. The molecule has 3 amide bonds. The van der Waals surface area contributed by atoms with Gasteiger partial charge in [0.1, 0.15) is 5.75 Å². The van der Waals surface area contributed by atoms with Crippen LogP contribution in [0.25, 0.3) is 0 Å². The van der Waals surface area contributed by atoms with Crippen LogP contribution < -0.4 is 16.0 Å². The summed E-state index contributed by atoms with van der Waals surface area (Å²) in [5.41, 5.74) is 1.26. The van der Waals surface area contributed by atoms with Crippen LogP contribution in [-0.4, -0.2) is 29.1 Å². The van der Waals surface area contributed by atoms with Gasteiger partial charge in [0.2, 0.25) is 0 Å². The predicted octanol–water partition coefficient (Wildman–Crippen LogP) is 3.59. The number of carbonyl (C=O) groups excluding carboxylic acids is 2. The number of hydrogen-bond acceptors (Lipinski definition) is 3. The Hall–Kier alpha value is -2.73. The summed E-state index contributed by atoms with van der Waals surface area (Å²) < 4.78 is 0. The van der Waals surface area contributed by atoms with Crippen molar-refractivity contribution < 1.29 is 14.7 Å². The fourth-order valence-corrected chi connectivity index (χ4v) is 3.46. The first-order valence-electron chi connectivity index (χ1n) is 9.39. The van der Waals surface area contributed by atoms with Crippen LogP contribution in [0.1, 0.15) is 41.6 Å². The normalized spacial score (nSPS) is 18.9. The Morgan fingerprint density at radius 1 is 0.929 bits per heavy atom. The monoisotopic (exact) mass is 401 g/mol. The van der Waals surface area contributed by atoms with E-state index in [-0.39, 0.29) is 35.3 Å². The van der Waals surface area contributed by atoms with Gasteiger partial charge >= 0.3 is 6.03 Å². The topological polar surface area (TPSA) is 90.5 Å². The average molecular weight is 402 g/mol. The molecule has 148 valence electrons. The molecule has 2 aromatic rings. The van der Waals surface area contributed by atoms with E-state index in [1.54, 1.807) is 30.3 Å². The SMILES string of the molecule is O=C(NCc1ccc(Cl)cc1)NC1CCC(NC(=O)c2ccccc2O)CC1. The number of hydrogen-bond donors (Lipinski definition) is 4. The van der Waals surface area contributed by atoms with Gasteiger partial charge in [-0.3, -0.25) is 4.79 Å². The van der Waals surface area contributed by atoms with E-state index in [9.17, 15) is 14.7 Å². The van der Waals surface area contributed by atoms with E-state index in [0.29, 0.717) is 11.6 Å². The van der Waals surface area contributed by atoms with E-state index in [2.05, 4.69) is 16.0 Å². The zero-order chi connectivity index (χ0) is 19.9. The van der Waals surface area contributed by atoms with Crippen molar-refractivity contribution in [3.63, 3.8) is 0 Å². The molecule has 0 bridgehead atoms. The summed E-state index contributed by atoms with van der Waals surface area (Å²) in [7, 11) is 0. The highest BCUT2D eigenvalue weighted by molar-refractivity contribution is 6.30. The third-order valence-electron chi connectivity index (χ3n) is 4.91. The second-order valence-electron chi connectivity index (χ2n) is 6.99. The molecule has 0 aromatic heterocycles. The van der Waals surface area contributed by atoms with Gasteiger partial charge in [-0.15, -0.1) is 0 Å². The van der Waals surface area contributed by atoms with Gasteiger partial charge in [0, 0.05) is 23.7 Å². The number of para-hydroxylation sites is 1. The fourth-order valence-electron chi connectivity index (χ4n) is 3.33. The van der Waals surface area contributed by atoms with Crippen molar-refractivity contribution in [2.75, 3.05) is 0 Å². The second kappa shape index (κ2) is 9.46. The molecule has 4 N–H and O–H groups in total. The van der Waals surface area contributed by atoms with Crippen LogP contribution in [0, 0.1) is 0 Å². The van der Waals surface area contributed by atoms with Crippen molar-refractivity contribution in [3.8, 4) is 5.75 Å². The predicted molar refractivity (Wildman–Crippen MR) is 108 cm³/mol. The number of aromatic hydroxyl groups is 1. The number of urea groups is 1. The van der Waals surface area contributed by atoms with Gasteiger partial charge in [0.05, 0.1) is 5.56 Å². The van der Waals surface area contributed by atoms with Crippen LogP contribution >= 0.6 is 11.6 Å². The fraction of sp³-hybridized carbons (Fsp3) is 0.333. The van der Waals surface area contributed by atoms with Crippen molar-refractivity contribution in [3.05, 3.63) is 64.7 Å². The molecule has 0 heterocycles.